The minimum atomic E-state index is -0.850. The topological polar surface area (TPSA) is 117 Å². The minimum absolute atomic E-state index is 0.0213. The molecule has 0 bridgehead atoms. The molecular formula is C23H29N5O5. The summed E-state index contributed by atoms with van der Waals surface area (Å²) in [6.45, 7) is 9.08. The smallest absolute Gasteiger partial charge is 0.331 e. The predicted octanol–water partition coefficient (Wildman–Crippen LogP) is 4.44. The van der Waals surface area contributed by atoms with Gasteiger partial charge >= 0.3 is 12.1 Å². The number of nitro benzene ring substituents is 1. The second kappa shape index (κ2) is 9.76. The van der Waals surface area contributed by atoms with Crippen LogP contribution in [0.5, 0.6) is 5.75 Å². The van der Waals surface area contributed by atoms with E-state index < -0.39 is 23.3 Å². The Morgan fingerprint density at radius 1 is 1.12 bits per heavy atom. The summed E-state index contributed by atoms with van der Waals surface area (Å²) in [5.41, 5.74) is 1.76. The van der Waals surface area contributed by atoms with Crippen LogP contribution in [0.1, 0.15) is 38.8 Å². The molecule has 1 heterocycles. The van der Waals surface area contributed by atoms with Crippen LogP contribution in [0.3, 0.4) is 0 Å². The maximum Gasteiger partial charge on any atom is 0.331 e. The Morgan fingerprint density at radius 2 is 1.79 bits per heavy atom. The van der Waals surface area contributed by atoms with Crippen molar-refractivity contribution in [1.82, 2.24) is 15.1 Å². The van der Waals surface area contributed by atoms with E-state index >= 15 is 0 Å². The standard InChI is InChI=1S/C23H29N5O5/c1-14(2)27-22(29)25-21(24-18-8-10-19(11-9-18)33-15(3)4)26(23(27)30)13-17-7-6-16(5)20(12-17)28(31)32/h6-12,14-15,21,24H,13H2,1-5H3,(H,25,29). The normalized spacial score (nSPS) is 16.3. The number of rotatable bonds is 8. The first-order valence-electron chi connectivity index (χ1n) is 10.7. The Morgan fingerprint density at radius 3 is 2.36 bits per heavy atom. The van der Waals surface area contributed by atoms with Gasteiger partial charge in [-0.05, 0) is 64.4 Å². The molecule has 4 amide bonds. The molecule has 0 radical (unpaired) electrons. The predicted molar refractivity (Wildman–Crippen MR) is 124 cm³/mol. The van der Waals surface area contributed by atoms with Gasteiger partial charge in [0.25, 0.3) is 5.69 Å². The van der Waals surface area contributed by atoms with E-state index in [1.54, 1.807) is 57.2 Å². The van der Waals surface area contributed by atoms with E-state index in [1.165, 1.54) is 11.0 Å². The molecule has 176 valence electrons. The zero-order valence-corrected chi connectivity index (χ0v) is 19.4. The second-order valence-electron chi connectivity index (χ2n) is 8.44. The number of amides is 4. The molecule has 1 saturated heterocycles. The number of ether oxygens (including phenoxy) is 1. The van der Waals surface area contributed by atoms with E-state index in [1.807, 2.05) is 13.8 Å². The average molecular weight is 456 g/mol. The highest BCUT2D eigenvalue weighted by Crippen LogP contribution is 2.24. The molecule has 1 aliphatic rings. The van der Waals surface area contributed by atoms with Crippen LogP contribution in [-0.2, 0) is 6.54 Å². The van der Waals surface area contributed by atoms with Crippen molar-refractivity contribution in [3.05, 3.63) is 63.7 Å². The number of hydrogen-bond acceptors (Lipinski definition) is 6. The van der Waals surface area contributed by atoms with Crippen molar-refractivity contribution in [1.29, 1.82) is 0 Å². The molecule has 0 saturated carbocycles. The van der Waals surface area contributed by atoms with Crippen molar-refractivity contribution in [3.63, 3.8) is 0 Å². The molecular weight excluding hydrogens is 426 g/mol. The highest BCUT2D eigenvalue weighted by molar-refractivity contribution is 5.96. The number of carbonyl (C=O) groups is 2. The summed E-state index contributed by atoms with van der Waals surface area (Å²) in [6.07, 6.45) is -0.813. The van der Waals surface area contributed by atoms with Crippen molar-refractivity contribution in [3.8, 4) is 5.75 Å². The third kappa shape index (κ3) is 5.51. The van der Waals surface area contributed by atoms with Gasteiger partial charge in [0.1, 0.15) is 5.75 Å². The van der Waals surface area contributed by atoms with E-state index in [0.717, 1.165) is 4.90 Å². The first-order chi connectivity index (χ1) is 15.6. The van der Waals surface area contributed by atoms with Gasteiger partial charge in [-0.2, -0.15) is 0 Å². The van der Waals surface area contributed by atoms with E-state index in [0.29, 0.717) is 22.6 Å². The van der Waals surface area contributed by atoms with Crippen molar-refractivity contribution < 1.29 is 19.2 Å². The van der Waals surface area contributed by atoms with Crippen LogP contribution in [-0.4, -0.2) is 45.2 Å². The fourth-order valence-electron chi connectivity index (χ4n) is 3.53. The van der Waals surface area contributed by atoms with E-state index in [9.17, 15) is 19.7 Å². The van der Waals surface area contributed by atoms with Gasteiger partial charge in [0.2, 0.25) is 0 Å². The number of nitrogens with one attached hydrogen (secondary N) is 2. The highest BCUT2D eigenvalue weighted by Gasteiger charge is 2.39. The van der Waals surface area contributed by atoms with E-state index in [-0.39, 0.29) is 24.4 Å². The van der Waals surface area contributed by atoms with Crippen LogP contribution in [0.15, 0.2) is 42.5 Å². The van der Waals surface area contributed by atoms with Gasteiger partial charge in [-0.25, -0.2) is 14.5 Å². The van der Waals surface area contributed by atoms with Crippen molar-refractivity contribution >= 4 is 23.4 Å². The molecule has 33 heavy (non-hydrogen) atoms. The quantitative estimate of drug-likeness (QED) is 0.449. The molecule has 0 spiro atoms. The molecule has 0 aliphatic carbocycles. The SMILES string of the molecule is Cc1ccc(CN2C(=O)N(C(C)C)C(=O)NC2Nc2ccc(OC(C)C)cc2)cc1[N+](=O)[O-]. The number of aryl methyl sites for hydroxylation is 1. The molecule has 10 heteroatoms. The number of hydrogen-bond donors (Lipinski definition) is 2. The van der Waals surface area contributed by atoms with E-state index in [4.69, 9.17) is 4.74 Å². The second-order valence-corrected chi connectivity index (χ2v) is 8.44. The van der Waals surface area contributed by atoms with Crippen LogP contribution in [0, 0.1) is 17.0 Å². The van der Waals surface area contributed by atoms with E-state index in [2.05, 4.69) is 10.6 Å². The first-order valence-corrected chi connectivity index (χ1v) is 10.7. The molecule has 1 atom stereocenters. The maximum atomic E-state index is 13.2. The molecule has 2 aromatic rings. The summed E-state index contributed by atoms with van der Waals surface area (Å²) in [7, 11) is 0. The lowest BCUT2D eigenvalue weighted by Gasteiger charge is -2.42. The molecule has 0 aromatic heterocycles. The summed E-state index contributed by atoms with van der Waals surface area (Å²) in [5.74, 6) is 0.703. The molecule has 10 nitrogen and oxygen atoms in total. The Kier molecular flexibility index (Phi) is 7.05. The van der Waals surface area contributed by atoms with Crippen molar-refractivity contribution in [2.75, 3.05) is 5.32 Å². The van der Waals surface area contributed by atoms with Gasteiger partial charge in [0.15, 0.2) is 6.29 Å². The highest BCUT2D eigenvalue weighted by atomic mass is 16.6. The van der Waals surface area contributed by atoms with Gasteiger partial charge in [-0.3, -0.25) is 20.3 Å². The van der Waals surface area contributed by atoms with Gasteiger partial charge in [0, 0.05) is 23.4 Å². The van der Waals surface area contributed by atoms with Crippen LogP contribution in [0.25, 0.3) is 0 Å². The molecule has 2 N–H and O–H groups in total. The van der Waals surface area contributed by atoms with Gasteiger partial charge in [-0.1, -0.05) is 12.1 Å². The molecule has 1 unspecified atom stereocenters. The summed E-state index contributed by atoms with van der Waals surface area (Å²) in [6, 6.07) is 10.6. The van der Waals surface area contributed by atoms with Crippen LogP contribution in [0.4, 0.5) is 21.0 Å². The number of nitro groups is 1. The summed E-state index contributed by atoms with van der Waals surface area (Å²) in [5, 5.41) is 17.3. The Bertz CT molecular complexity index is 1040. The van der Waals surface area contributed by atoms with Gasteiger partial charge in [-0.15, -0.1) is 0 Å². The number of nitrogens with zero attached hydrogens (tertiary/aromatic N) is 3. The lowest BCUT2D eigenvalue weighted by Crippen LogP contribution is -2.68. The lowest BCUT2D eigenvalue weighted by atomic mass is 10.1. The zero-order valence-electron chi connectivity index (χ0n) is 19.4. The fourth-order valence-corrected chi connectivity index (χ4v) is 3.53. The number of urea groups is 2. The molecule has 1 aliphatic heterocycles. The van der Waals surface area contributed by atoms with Crippen molar-refractivity contribution in [2.24, 2.45) is 0 Å². The summed E-state index contributed by atoms with van der Waals surface area (Å²) in [4.78, 5) is 39.3. The van der Waals surface area contributed by atoms with Crippen LogP contribution >= 0.6 is 0 Å². The van der Waals surface area contributed by atoms with Crippen molar-refractivity contribution in [2.45, 2.75) is 59.6 Å². The number of imide groups is 1. The number of benzene rings is 2. The summed E-state index contributed by atoms with van der Waals surface area (Å²) >= 11 is 0. The van der Waals surface area contributed by atoms with Crippen LogP contribution in [0.2, 0.25) is 0 Å². The van der Waals surface area contributed by atoms with Crippen LogP contribution < -0.4 is 15.4 Å². The minimum Gasteiger partial charge on any atom is -0.491 e. The monoisotopic (exact) mass is 455 g/mol. The third-order valence-electron chi connectivity index (χ3n) is 5.11. The Labute approximate surface area is 192 Å². The largest absolute Gasteiger partial charge is 0.491 e. The lowest BCUT2D eigenvalue weighted by molar-refractivity contribution is -0.385. The Balaban J connectivity index is 1.88. The number of carbonyl (C=O) groups excluding carboxylic acids is 2. The Hall–Kier alpha value is -3.82. The first kappa shape index (κ1) is 23.8. The fraction of sp³-hybridized carbons (Fsp3) is 0.391. The molecule has 2 aromatic carbocycles. The third-order valence-corrected chi connectivity index (χ3v) is 5.11. The van der Waals surface area contributed by atoms with Gasteiger partial charge in [0.05, 0.1) is 17.6 Å². The maximum absolute atomic E-state index is 13.2. The summed E-state index contributed by atoms with van der Waals surface area (Å²) < 4.78 is 5.65. The molecule has 3 rings (SSSR count). The zero-order chi connectivity index (χ0) is 24.3. The number of anilines is 1. The average Bonchev–Trinajstić information content (AvgIpc) is 2.72. The van der Waals surface area contributed by atoms with Gasteiger partial charge < -0.3 is 10.1 Å². The molecule has 1 fully saturated rings.